The second kappa shape index (κ2) is 6.39. The fourth-order valence-corrected chi connectivity index (χ4v) is 2.30. The monoisotopic (exact) mass is 340 g/mol. The van der Waals surface area contributed by atoms with Crippen LogP contribution in [0.3, 0.4) is 0 Å². The molecule has 0 saturated heterocycles. The Balaban J connectivity index is 2.72. The molecule has 110 valence electrons. The summed E-state index contributed by atoms with van der Waals surface area (Å²) in [5, 5.41) is 5.54. The summed E-state index contributed by atoms with van der Waals surface area (Å²) in [4.78, 5) is 24.0. The van der Waals surface area contributed by atoms with Gasteiger partial charge in [-0.1, -0.05) is 15.9 Å². The number of carbonyl (C=O) groups is 2. The van der Waals surface area contributed by atoms with E-state index in [1.165, 1.54) is 0 Å². The molecule has 0 aliphatic rings. The number of hydrogen-bond acceptors (Lipinski definition) is 2. The van der Waals surface area contributed by atoms with Crippen LogP contribution in [0.1, 0.15) is 43.6 Å². The summed E-state index contributed by atoms with van der Waals surface area (Å²) in [5.74, 6) is -0.455. The Morgan fingerprint density at radius 2 is 1.80 bits per heavy atom. The minimum atomic E-state index is -0.582. The molecule has 0 saturated carbocycles. The third-order valence-corrected chi connectivity index (χ3v) is 3.00. The normalized spacial score (nSPS) is 12.7. The van der Waals surface area contributed by atoms with E-state index in [0.717, 1.165) is 10.0 Å². The highest BCUT2D eigenvalue weighted by atomic mass is 79.9. The molecule has 0 radical (unpaired) electrons. The van der Waals surface area contributed by atoms with Crippen LogP contribution in [0.4, 0.5) is 0 Å². The molecular formula is C15H21BrN2O2. The summed E-state index contributed by atoms with van der Waals surface area (Å²) in [6, 6.07) is 4.86. The van der Waals surface area contributed by atoms with Gasteiger partial charge in [-0.25, -0.2) is 0 Å². The molecule has 4 nitrogen and oxygen atoms in total. The quantitative estimate of drug-likeness (QED) is 0.888. The van der Waals surface area contributed by atoms with E-state index in [1.807, 2.05) is 33.8 Å². The van der Waals surface area contributed by atoms with Gasteiger partial charge in [-0.3, -0.25) is 9.59 Å². The van der Waals surface area contributed by atoms with Gasteiger partial charge in [0.25, 0.3) is 5.91 Å². The lowest BCUT2D eigenvalue weighted by Crippen LogP contribution is -2.50. The Hall–Kier alpha value is -1.36. The van der Waals surface area contributed by atoms with Crippen molar-refractivity contribution in [1.82, 2.24) is 10.6 Å². The summed E-state index contributed by atoms with van der Waals surface area (Å²) in [7, 11) is 0. The van der Waals surface area contributed by atoms with E-state index >= 15 is 0 Å². The van der Waals surface area contributed by atoms with E-state index in [0.29, 0.717) is 5.56 Å². The summed E-state index contributed by atoms with van der Waals surface area (Å²) < 4.78 is 0.842. The number of nitrogens with one attached hydrogen (secondary N) is 2. The van der Waals surface area contributed by atoms with Gasteiger partial charge in [0.2, 0.25) is 5.91 Å². The van der Waals surface area contributed by atoms with E-state index in [1.54, 1.807) is 19.1 Å². The number of halogens is 1. The van der Waals surface area contributed by atoms with Crippen molar-refractivity contribution in [2.24, 2.45) is 0 Å². The van der Waals surface area contributed by atoms with Gasteiger partial charge in [0.1, 0.15) is 6.04 Å². The molecular weight excluding hydrogens is 320 g/mol. The predicted molar refractivity (Wildman–Crippen MR) is 83.7 cm³/mol. The zero-order valence-electron chi connectivity index (χ0n) is 12.5. The SMILES string of the molecule is Cc1cc(Br)cc(C(=O)NC(C)C(=O)NC(C)(C)C)c1. The van der Waals surface area contributed by atoms with Gasteiger partial charge in [-0.2, -0.15) is 0 Å². The van der Waals surface area contributed by atoms with Crippen LogP contribution >= 0.6 is 15.9 Å². The second-order valence-corrected chi connectivity index (χ2v) is 6.87. The van der Waals surface area contributed by atoms with Gasteiger partial charge < -0.3 is 10.6 Å². The summed E-state index contributed by atoms with van der Waals surface area (Å²) >= 11 is 3.36. The van der Waals surface area contributed by atoms with Crippen molar-refractivity contribution in [3.63, 3.8) is 0 Å². The zero-order chi connectivity index (χ0) is 15.5. The van der Waals surface area contributed by atoms with Gasteiger partial charge in [0.15, 0.2) is 0 Å². The molecule has 2 amide bonds. The van der Waals surface area contributed by atoms with Crippen LogP contribution in [0.2, 0.25) is 0 Å². The largest absolute Gasteiger partial charge is 0.350 e. The van der Waals surface area contributed by atoms with Crippen molar-refractivity contribution < 1.29 is 9.59 Å². The molecule has 1 rings (SSSR count). The highest BCUT2D eigenvalue weighted by Crippen LogP contribution is 2.15. The number of amides is 2. The minimum Gasteiger partial charge on any atom is -0.350 e. The van der Waals surface area contributed by atoms with Crippen molar-refractivity contribution in [2.75, 3.05) is 0 Å². The van der Waals surface area contributed by atoms with Gasteiger partial charge in [0, 0.05) is 15.6 Å². The third kappa shape index (κ3) is 5.33. The molecule has 5 heteroatoms. The molecule has 0 aromatic heterocycles. The average molecular weight is 341 g/mol. The summed E-state index contributed by atoms with van der Waals surface area (Å²) in [6.07, 6.45) is 0. The first-order valence-corrected chi connectivity index (χ1v) is 7.28. The van der Waals surface area contributed by atoms with Crippen LogP contribution in [-0.2, 0) is 4.79 Å². The van der Waals surface area contributed by atoms with Crippen LogP contribution in [0.25, 0.3) is 0 Å². The van der Waals surface area contributed by atoms with Gasteiger partial charge in [0.05, 0.1) is 0 Å². The van der Waals surface area contributed by atoms with Crippen LogP contribution in [0, 0.1) is 6.92 Å². The Morgan fingerprint density at radius 3 is 2.30 bits per heavy atom. The third-order valence-electron chi connectivity index (χ3n) is 2.54. The lowest BCUT2D eigenvalue weighted by atomic mass is 10.1. The smallest absolute Gasteiger partial charge is 0.251 e. The topological polar surface area (TPSA) is 58.2 Å². The molecule has 0 spiro atoms. The van der Waals surface area contributed by atoms with Gasteiger partial charge >= 0.3 is 0 Å². The molecule has 0 fully saturated rings. The molecule has 1 aromatic rings. The van der Waals surface area contributed by atoms with Crippen molar-refractivity contribution in [3.8, 4) is 0 Å². The fourth-order valence-electron chi connectivity index (χ4n) is 1.69. The first-order chi connectivity index (χ1) is 9.08. The molecule has 0 aliphatic heterocycles. The van der Waals surface area contributed by atoms with E-state index in [9.17, 15) is 9.59 Å². The molecule has 0 aliphatic carbocycles. The molecule has 1 aromatic carbocycles. The molecule has 1 unspecified atom stereocenters. The van der Waals surface area contributed by atoms with Crippen LogP contribution in [0.15, 0.2) is 22.7 Å². The Morgan fingerprint density at radius 1 is 1.20 bits per heavy atom. The maximum absolute atomic E-state index is 12.1. The van der Waals surface area contributed by atoms with Crippen molar-refractivity contribution in [1.29, 1.82) is 0 Å². The zero-order valence-corrected chi connectivity index (χ0v) is 14.1. The van der Waals surface area contributed by atoms with E-state index in [-0.39, 0.29) is 17.4 Å². The number of benzene rings is 1. The van der Waals surface area contributed by atoms with Gasteiger partial charge in [-0.15, -0.1) is 0 Å². The maximum Gasteiger partial charge on any atom is 0.251 e. The average Bonchev–Trinajstić information content (AvgIpc) is 2.25. The van der Waals surface area contributed by atoms with Crippen molar-refractivity contribution in [2.45, 2.75) is 46.2 Å². The second-order valence-electron chi connectivity index (χ2n) is 5.95. The van der Waals surface area contributed by atoms with Crippen molar-refractivity contribution >= 4 is 27.7 Å². The Kier molecular flexibility index (Phi) is 5.34. The van der Waals surface area contributed by atoms with Crippen molar-refractivity contribution in [3.05, 3.63) is 33.8 Å². The summed E-state index contributed by atoms with van der Waals surface area (Å²) in [6.45, 7) is 9.28. The number of rotatable bonds is 3. The summed E-state index contributed by atoms with van der Waals surface area (Å²) in [5.41, 5.74) is 1.20. The lowest BCUT2D eigenvalue weighted by molar-refractivity contribution is -0.124. The van der Waals surface area contributed by atoms with Crippen LogP contribution in [0.5, 0.6) is 0 Å². The van der Waals surface area contributed by atoms with Gasteiger partial charge in [-0.05, 0) is 58.4 Å². The highest BCUT2D eigenvalue weighted by Gasteiger charge is 2.21. The molecule has 0 heterocycles. The van der Waals surface area contributed by atoms with Crippen LogP contribution in [-0.4, -0.2) is 23.4 Å². The molecule has 20 heavy (non-hydrogen) atoms. The predicted octanol–water partition coefficient (Wildman–Crippen LogP) is 2.79. The molecule has 0 bridgehead atoms. The first-order valence-electron chi connectivity index (χ1n) is 6.48. The minimum absolute atomic E-state index is 0.197. The standard InChI is InChI=1S/C15H21BrN2O2/c1-9-6-11(8-12(16)7-9)14(20)17-10(2)13(19)18-15(3,4)5/h6-8,10H,1-5H3,(H,17,20)(H,18,19). The number of carbonyl (C=O) groups excluding carboxylic acids is 2. The highest BCUT2D eigenvalue weighted by molar-refractivity contribution is 9.10. The van der Waals surface area contributed by atoms with E-state index in [2.05, 4.69) is 26.6 Å². The Bertz CT molecular complexity index is 501. The fraction of sp³-hybridized carbons (Fsp3) is 0.467. The first kappa shape index (κ1) is 16.7. The maximum atomic E-state index is 12.1. The number of hydrogen-bond donors (Lipinski definition) is 2. The Labute approximate surface area is 128 Å². The van der Waals surface area contributed by atoms with E-state index < -0.39 is 6.04 Å². The molecule has 1 atom stereocenters. The van der Waals surface area contributed by atoms with E-state index in [4.69, 9.17) is 0 Å². The number of aryl methyl sites for hydroxylation is 1. The lowest BCUT2D eigenvalue weighted by Gasteiger charge is -2.23. The van der Waals surface area contributed by atoms with Crippen LogP contribution < -0.4 is 10.6 Å². The molecule has 2 N–H and O–H groups in total.